The fraction of sp³-hybridized carbons (Fsp3) is 0.750. The van der Waals surface area contributed by atoms with Crippen molar-refractivity contribution in [2.24, 2.45) is 29.4 Å². The van der Waals surface area contributed by atoms with E-state index in [1.165, 1.54) is 0 Å². The Morgan fingerprint density at radius 2 is 1.52 bits per heavy atom. The molecule has 1 aliphatic rings. The van der Waals surface area contributed by atoms with Gasteiger partial charge >= 0.3 is 0 Å². The minimum absolute atomic E-state index is 0.00512. The lowest BCUT2D eigenvalue weighted by molar-refractivity contribution is -0.148. The molecule has 2 rings (SSSR count). The van der Waals surface area contributed by atoms with Crippen molar-refractivity contribution in [3.8, 4) is 0 Å². The van der Waals surface area contributed by atoms with Crippen molar-refractivity contribution < 1.29 is 28.7 Å². The van der Waals surface area contributed by atoms with Gasteiger partial charge in [-0.05, 0) is 57.2 Å². The highest BCUT2D eigenvalue weighted by Gasteiger charge is 2.43. The first kappa shape index (κ1) is 45.1. The zero-order valence-corrected chi connectivity index (χ0v) is 34.2. The third-order valence-corrected chi connectivity index (χ3v) is 11.0. The molecule has 4 N–H and O–H groups in total. The number of nitrogens with two attached hydrogens (primary N) is 1. The Morgan fingerprint density at radius 1 is 0.904 bits per heavy atom. The number of benzene rings is 1. The van der Waals surface area contributed by atoms with Gasteiger partial charge in [-0.3, -0.25) is 24.1 Å². The van der Waals surface area contributed by atoms with Crippen LogP contribution in [0.25, 0.3) is 0 Å². The van der Waals surface area contributed by atoms with Crippen molar-refractivity contribution in [1.82, 2.24) is 25.3 Å². The molecule has 0 bridgehead atoms. The topological polar surface area (TPSA) is 147 Å². The molecule has 0 aliphatic carbocycles. The second-order valence-electron chi connectivity index (χ2n) is 15.7. The third kappa shape index (κ3) is 11.5. The fourth-order valence-electron chi connectivity index (χ4n) is 7.82. The molecule has 1 fully saturated rings. The second-order valence-corrected chi connectivity index (χ2v) is 15.7. The smallest absolute Gasteiger partial charge is 0.245 e. The van der Waals surface area contributed by atoms with Gasteiger partial charge in [-0.1, -0.05) is 85.2 Å². The molecule has 0 spiro atoms. The van der Waals surface area contributed by atoms with Crippen LogP contribution in [0, 0.1) is 23.7 Å². The van der Waals surface area contributed by atoms with E-state index in [0.717, 1.165) is 18.4 Å². The molecule has 0 saturated carbocycles. The molecule has 0 aromatic heterocycles. The lowest BCUT2D eigenvalue weighted by Gasteiger charge is -2.41. The van der Waals surface area contributed by atoms with Gasteiger partial charge in [-0.15, -0.1) is 0 Å². The molecular formula is C40H70N6O6. The van der Waals surface area contributed by atoms with Gasteiger partial charge in [0.25, 0.3) is 0 Å². The van der Waals surface area contributed by atoms with Crippen LogP contribution in [-0.4, -0.2) is 123 Å². The first-order valence-electron chi connectivity index (χ1n) is 19.1. The molecule has 52 heavy (non-hydrogen) atoms. The fourth-order valence-corrected chi connectivity index (χ4v) is 7.82. The van der Waals surface area contributed by atoms with Crippen molar-refractivity contribution in [2.45, 2.75) is 130 Å². The monoisotopic (exact) mass is 731 g/mol. The molecule has 1 heterocycles. The van der Waals surface area contributed by atoms with E-state index in [1.54, 1.807) is 26.2 Å². The van der Waals surface area contributed by atoms with Crippen LogP contribution in [0.1, 0.15) is 92.7 Å². The van der Waals surface area contributed by atoms with Crippen molar-refractivity contribution in [2.75, 3.05) is 41.9 Å². The van der Waals surface area contributed by atoms with Crippen LogP contribution in [0.2, 0.25) is 0 Å². The molecule has 296 valence electrons. The Morgan fingerprint density at radius 3 is 2.02 bits per heavy atom. The molecular weight excluding hydrogens is 660 g/mol. The van der Waals surface area contributed by atoms with Crippen molar-refractivity contribution in [3.63, 3.8) is 0 Å². The van der Waals surface area contributed by atoms with Crippen LogP contribution in [0.5, 0.6) is 0 Å². The van der Waals surface area contributed by atoms with Crippen LogP contribution in [0.15, 0.2) is 30.3 Å². The first-order chi connectivity index (χ1) is 24.4. The summed E-state index contributed by atoms with van der Waals surface area (Å²) in [7, 11) is 8.62. The Hall–Kier alpha value is -3.06. The highest BCUT2D eigenvalue weighted by Crippen LogP contribution is 2.30. The molecule has 1 saturated heterocycles. The molecule has 1 aromatic carbocycles. The van der Waals surface area contributed by atoms with Gasteiger partial charge < -0.3 is 35.6 Å². The maximum atomic E-state index is 14.2. The van der Waals surface area contributed by atoms with Crippen LogP contribution in [0.3, 0.4) is 0 Å². The van der Waals surface area contributed by atoms with E-state index < -0.39 is 30.2 Å². The Kier molecular flexibility index (Phi) is 18.2. The molecule has 4 amide bonds. The molecule has 1 aliphatic heterocycles. The highest BCUT2D eigenvalue weighted by molar-refractivity contribution is 5.90. The predicted octanol–water partition coefficient (Wildman–Crippen LogP) is 3.84. The van der Waals surface area contributed by atoms with Crippen molar-refractivity contribution >= 4 is 23.6 Å². The summed E-state index contributed by atoms with van der Waals surface area (Å²) in [6, 6.07) is 7.09. The van der Waals surface area contributed by atoms with Crippen molar-refractivity contribution in [1.29, 1.82) is 0 Å². The van der Waals surface area contributed by atoms with Gasteiger partial charge in [0.05, 0.1) is 42.7 Å². The number of nitrogens with one attached hydrogen (secondary N) is 2. The van der Waals surface area contributed by atoms with E-state index in [0.29, 0.717) is 13.0 Å². The maximum Gasteiger partial charge on any atom is 0.245 e. The van der Waals surface area contributed by atoms with Gasteiger partial charge in [0.15, 0.2) is 0 Å². The summed E-state index contributed by atoms with van der Waals surface area (Å²) in [6.07, 6.45) is 1.15. The number of carbonyl (C=O) groups excluding carboxylic acids is 4. The number of rotatable bonds is 20. The van der Waals surface area contributed by atoms with Gasteiger partial charge in [-0.2, -0.15) is 0 Å². The largest absolute Gasteiger partial charge is 0.379 e. The summed E-state index contributed by atoms with van der Waals surface area (Å²) in [5.74, 6) is -1.37. The summed E-state index contributed by atoms with van der Waals surface area (Å²) in [6.45, 7) is 16.2. The average Bonchev–Trinajstić information content (AvgIpc) is 3.59. The average molecular weight is 731 g/mol. The third-order valence-electron chi connectivity index (χ3n) is 11.0. The van der Waals surface area contributed by atoms with Crippen LogP contribution in [-0.2, 0) is 28.7 Å². The summed E-state index contributed by atoms with van der Waals surface area (Å²) < 4.78 is 12.0. The molecule has 10 atom stereocenters. The Labute approximate surface area is 313 Å². The van der Waals surface area contributed by atoms with Crippen molar-refractivity contribution in [3.05, 3.63) is 35.9 Å². The quantitative estimate of drug-likeness (QED) is 0.184. The molecule has 0 radical (unpaired) electrons. The summed E-state index contributed by atoms with van der Waals surface area (Å²) in [4.78, 5) is 60.7. The highest BCUT2D eigenvalue weighted by atomic mass is 16.5. The van der Waals surface area contributed by atoms with Crippen LogP contribution < -0.4 is 16.4 Å². The van der Waals surface area contributed by atoms with E-state index >= 15 is 0 Å². The van der Waals surface area contributed by atoms with Gasteiger partial charge in [-0.25, -0.2) is 0 Å². The molecule has 12 nitrogen and oxygen atoms in total. The normalized spacial score (nSPS) is 20.1. The minimum Gasteiger partial charge on any atom is -0.379 e. The number of hydrogen-bond acceptors (Lipinski definition) is 8. The maximum absolute atomic E-state index is 14.2. The molecule has 12 heteroatoms. The number of amides is 4. The van der Waals surface area contributed by atoms with E-state index in [9.17, 15) is 19.2 Å². The standard InChI is InChI=1S/C40H70N6O6/c1-14-26(6)36(45(11)40(50)34(24(2)3)43-39(49)35(25(4)5)44(9)10)31(51-12)23-32(47)46-22-18-21-30(46)37(52-13)27(7)38(48)42-28(8)33(41)29-19-16-15-17-20-29/h15-17,19-20,24-28,30-31,33-37H,14,18,21-23,41H2,1-13H3,(H,42,48)(H,43,49)/t26?,27-,28-,30+,31-,33?,34+,35?,36?,37-/m1/s1. The van der Waals surface area contributed by atoms with Gasteiger partial charge in [0.1, 0.15) is 6.04 Å². The zero-order chi connectivity index (χ0) is 39.4. The number of hydrogen-bond donors (Lipinski definition) is 3. The molecule has 4 unspecified atom stereocenters. The van der Waals surface area contributed by atoms with Gasteiger partial charge in [0, 0.05) is 39.9 Å². The Balaban J connectivity index is 2.25. The van der Waals surface area contributed by atoms with Crippen LogP contribution >= 0.6 is 0 Å². The second kappa shape index (κ2) is 21.0. The van der Waals surface area contributed by atoms with Crippen LogP contribution in [0.4, 0.5) is 0 Å². The van der Waals surface area contributed by atoms with E-state index in [1.807, 2.05) is 95.8 Å². The Bertz CT molecular complexity index is 1270. The van der Waals surface area contributed by atoms with E-state index in [-0.39, 0.29) is 72.0 Å². The van der Waals surface area contributed by atoms with E-state index in [2.05, 4.69) is 24.5 Å². The minimum atomic E-state index is -0.749. The predicted molar refractivity (Wildman–Crippen MR) is 206 cm³/mol. The van der Waals surface area contributed by atoms with Gasteiger partial charge in [0.2, 0.25) is 23.6 Å². The number of carbonyl (C=O) groups is 4. The number of ether oxygens (including phenoxy) is 2. The summed E-state index contributed by atoms with van der Waals surface area (Å²) in [5.41, 5.74) is 7.40. The number of likely N-dealkylation sites (tertiary alicyclic amines) is 1. The lowest BCUT2D eigenvalue weighted by atomic mass is 9.89. The number of likely N-dealkylation sites (N-methyl/N-ethyl adjacent to an activating group) is 2. The summed E-state index contributed by atoms with van der Waals surface area (Å²) in [5, 5.41) is 6.11. The number of nitrogens with zero attached hydrogens (tertiary/aromatic N) is 3. The first-order valence-corrected chi connectivity index (χ1v) is 19.1. The lowest BCUT2D eigenvalue weighted by Crippen LogP contribution is -2.59. The zero-order valence-electron chi connectivity index (χ0n) is 34.2. The SMILES string of the molecule is CCC(C)C([C@@H](CC(=O)N1CCC[C@H]1[C@H](OC)[C@@H](C)C(=O)N[C@H](C)C(N)c1ccccc1)OC)N(C)C(=O)[C@@H](NC(=O)C(C(C)C)N(C)C)C(C)C. The van der Waals surface area contributed by atoms with E-state index in [4.69, 9.17) is 15.2 Å². The number of methoxy groups -OCH3 is 2. The molecule has 1 aromatic rings. The summed E-state index contributed by atoms with van der Waals surface area (Å²) >= 11 is 0.